The molecule has 0 bridgehead atoms. The van der Waals surface area contributed by atoms with Gasteiger partial charge in [-0.25, -0.2) is 4.39 Å². The number of rotatable bonds is 9. The van der Waals surface area contributed by atoms with Crippen molar-refractivity contribution in [3.8, 4) is 22.3 Å². The van der Waals surface area contributed by atoms with Crippen molar-refractivity contribution in [3.63, 3.8) is 0 Å². The van der Waals surface area contributed by atoms with E-state index >= 15 is 0 Å². The lowest BCUT2D eigenvalue weighted by Crippen LogP contribution is -2.27. The molecule has 0 aliphatic rings. The van der Waals surface area contributed by atoms with E-state index < -0.39 is 17.7 Å². The molecule has 0 unspecified atom stereocenters. The van der Waals surface area contributed by atoms with Crippen LogP contribution in [-0.2, 0) is 16.1 Å². The summed E-state index contributed by atoms with van der Waals surface area (Å²) in [6.07, 6.45) is 0.00463. The molecule has 2 N–H and O–H groups in total. The summed E-state index contributed by atoms with van der Waals surface area (Å²) >= 11 is 12.2. The SMILES string of the molecule is COC(=O)CCNC(=O)c1ccc(-c2cc(Cl)ccc2CNc2ccc(-c3ccc(Cl)cc3)cc2)cc1F. The lowest BCUT2D eigenvalue weighted by molar-refractivity contribution is -0.140. The third-order valence-corrected chi connectivity index (χ3v) is 6.47. The van der Waals surface area contributed by atoms with Gasteiger partial charge < -0.3 is 15.4 Å². The van der Waals surface area contributed by atoms with E-state index in [0.717, 1.165) is 27.9 Å². The van der Waals surface area contributed by atoms with Crippen molar-refractivity contribution in [2.45, 2.75) is 13.0 Å². The number of hydrogen-bond donors (Lipinski definition) is 2. The number of nitrogens with one attached hydrogen (secondary N) is 2. The number of methoxy groups -OCH3 is 1. The van der Waals surface area contributed by atoms with Gasteiger partial charge in [0.15, 0.2) is 0 Å². The molecule has 4 aromatic rings. The van der Waals surface area contributed by atoms with Crippen LogP contribution in [0.25, 0.3) is 22.3 Å². The lowest BCUT2D eigenvalue weighted by atomic mass is 9.98. The summed E-state index contributed by atoms with van der Waals surface area (Å²) in [4.78, 5) is 23.6. The highest BCUT2D eigenvalue weighted by Gasteiger charge is 2.15. The summed E-state index contributed by atoms with van der Waals surface area (Å²) < 4.78 is 19.5. The van der Waals surface area contributed by atoms with Crippen molar-refractivity contribution in [2.75, 3.05) is 19.0 Å². The van der Waals surface area contributed by atoms with E-state index in [-0.39, 0.29) is 18.5 Å². The molecule has 0 heterocycles. The molecule has 0 fully saturated rings. The van der Waals surface area contributed by atoms with Crippen LogP contribution in [0, 0.1) is 5.82 Å². The standard InChI is InChI=1S/C30H25Cl2FN2O3/c1-38-29(36)14-15-34-30(37)26-13-7-21(16-28(26)33)27-17-24(32)10-4-22(27)18-35-25-11-5-20(6-12-25)19-2-8-23(31)9-3-19/h2-13,16-17,35H,14-15,18H2,1H3,(H,34,37). The van der Waals surface area contributed by atoms with Crippen LogP contribution in [0.15, 0.2) is 84.9 Å². The van der Waals surface area contributed by atoms with E-state index in [9.17, 15) is 14.0 Å². The summed E-state index contributed by atoms with van der Waals surface area (Å²) in [5.74, 6) is -1.73. The van der Waals surface area contributed by atoms with Crippen molar-refractivity contribution in [1.82, 2.24) is 5.32 Å². The van der Waals surface area contributed by atoms with Gasteiger partial charge in [0, 0.05) is 28.8 Å². The van der Waals surface area contributed by atoms with Crippen molar-refractivity contribution < 1.29 is 18.7 Å². The molecule has 0 atom stereocenters. The van der Waals surface area contributed by atoms with Gasteiger partial charge in [0.25, 0.3) is 5.91 Å². The third-order valence-electron chi connectivity index (χ3n) is 5.98. The van der Waals surface area contributed by atoms with Crippen LogP contribution in [0.5, 0.6) is 0 Å². The molecule has 0 radical (unpaired) electrons. The second-order valence-electron chi connectivity index (χ2n) is 8.52. The Morgan fingerprint density at radius 3 is 2.11 bits per heavy atom. The molecule has 5 nitrogen and oxygen atoms in total. The first-order chi connectivity index (χ1) is 18.3. The largest absolute Gasteiger partial charge is 0.469 e. The maximum atomic E-state index is 14.9. The van der Waals surface area contributed by atoms with Crippen LogP contribution in [0.4, 0.5) is 10.1 Å². The quantitative estimate of drug-likeness (QED) is 0.213. The van der Waals surface area contributed by atoms with Gasteiger partial charge in [0.05, 0.1) is 19.1 Å². The molecule has 0 aliphatic heterocycles. The summed E-state index contributed by atoms with van der Waals surface area (Å²) in [5.41, 5.74) is 5.21. The van der Waals surface area contributed by atoms with Crippen LogP contribution in [-0.4, -0.2) is 25.5 Å². The average molecular weight is 551 g/mol. The number of halogens is 3. The Hall–Kier alpha value is -3.87. The average Bonchev–Trinajstić information content (AvgIpc) is 2.92. The zero-order chi connectivity index (χ0) is 27.1. The highest BCUT2D eigenvalue weighted by atomic mass is 35.5. The normalized spacial score (nSPS) is 10.6. The van der Waals surface area contributed by atoms with Crippen LogP contribution < -0.4 is 10.6 Å². The molecule has 1 amide bonds. The van der Waals surface area contributed by atoms with E-state index in [1.54, 1.807) is 18.2 Å². The number of amides is 1. The number of carbonyl (C=O) groups excluding carboxylic acids is 2. The van der Waals surface area contributed by atoms with E-state index in [4.69, 9.17) is 23.2 Å². The van der Waals surface area contributed by atoms with Gasteiger partial charge in [-0.15, -0.1) is 0 Å². The molecule has 0 saturated heterocycles. The maximum Gasteiger partial charge on any atom is 0.307 e. The molecule has 8 heteroatoms. The summed E-state index contributed by atoms with van der Waals surface area (Å²) in [7, 11) is 1.26. The van der Waals surface area contributed by atoms with E-state index in [1.165, 1.54) is 19.2 Å². The maximum absolute atomic E-state index is 14.9. The topological polar surface area (TPSA) is 67.4 Å². The Morgan fingerprint density at radius 1 is 0.816 bits per heavy atom. The summed E-state index contributed by atoms with van der Waals surface area (Å²) in [6, 6.07) is 25.6. The molecule has 0 aliphatic carbocycles. The summed E-state index contributed by atoms with van der Waals surface area (Å²) in [5, 5.41) is 7.13. The zero-order valence-electron chi connectivity index (χ0n) is 20.6. The first kappa shape index (κ1) is 27.2. The van der Waals surface area contributed by atoms with E-state index in [2.05, 4.69) is 15.4 Å². The Bertz CT molecular complexity index is 1440. The number of anilines is 1. The van der Waals surface area contributed by atoms with Crippen LogP contribution >= 0.6 is 23.2 Å². The van der Waals surface area contributed by atoms with Gasteiger partial charge in [0.1, 0.15) is 5.82 Å². The minimum Gasteiger partial charge on any atom is -0.469 e. The molecular formula is C30H25Cl2FN2O3. The number of carbonyl (C=O) groups is 2. The van der Waals surface area contributed by atoms with Gasteiger partial charge >= 0.3 is 5.97 Å². The van der Waals surface area contributed by atoms with Crippen LogP contribution in [0.2, 0.25) is 10.0 Å². The van der Waals surface area contributed by atoms with Crippen molar-refractivity contribution in [1.29, 1.82) is 0 Å². The second-order valence-corrected chi connectivity index (χ2v) is 9.39. The van der Waals surface area contributed by atoms with Crippen molar-refractivity contribution >= 4 is 40.8 Å². The fraction of sp³-hybridized carbons (Fsp3) is 0.133. The Labute approximate surface area is 230 Å². The molecule has 0 spiro atoms. The minimum atomic E-state index is -0.672. The monoisotopic (exact) mass is 550 g/mol. The number of benzene rings is 4. The van der Waals surface area contributed by atoms with Gasteiger partial charge in [-0.3, -0.25) is 9.59 Å². The smallest absolute Gasteiger partial charge is 0.307 e. The predicted octanol–water partition coefficient (Wildman–Crippen LogP) is 7.37. The van der Waals surface area contributed by atoms with Gasteiger partial charge in [-0.1, -0.05) is 59.6 Å². The number of esters is 1. The van der Waals surface area contributed by atoms with Crippen LogP contribution in [0.1, 0.15) is 22.3 Å². The first-order valence-corrected chi connectivity index (χ1v) is 12.6. The highest BCUT2D eigenvalue weighted by Crippen LogP contribution is 2.30. The van der Waals surface area contributed by atoms with Gasteiger partial charge in [0.2, 0.25) is 0 Å². The fourth-order valence-electron chi connectivity index (χ4n) is 3.93. The number of hydrogen-bond acceptors (Lipinski definition) is 4. The molecular weight excluding hydrogens is 526 g/mol. The van der Waals surface area contributed by atoms with Crippen molar-refractivity contribution in [3.05, 3.63) is 112 Å². The Balaban J connectivity index is 1.47. The predicted molar refractivity (Wildman–Crippen MR) is 150 cm³/mol. The third kappa shape index (κ3) is 6.91. The van der Waals surface area contributed by atoms with Gasteiger partial charge in [-0.2, -0.15) is 0 Å². The zero-order valence-corrected chi connectivity index (χ0v) is 22.1. The van der Waals surface area contributed by atoms with Crippen molar-refractivity contribution in [2.24, 2.45) is 0 Å². The molecule has 4 aromatic carbocycles. The minimum absolute atomic E-state index is 0.00463. The molecule has 194 valence electrons. The Morgan fingerprint density at radius 2 is 1.45 bits per heavy atom. The second kappa shape index (κ2) is 12.6. The van der Waals surface area contributed by atoms with Crippen LogP contribution in [0.3, 0.4) is 0 Å². The molecule has 38 heavy (non-hydrogen) atoms. The van der Waals surface area contributed by atoms with Gasteiger partial charge in [-0.05, 0) is 76.3 Å². The fourth-order valence-corrected chi connectivity index (χ4v) is 4.23. The first-order valence-electron chi connectivity index (χ1n) is 11.9. The van der Waals surface area contributed by atoms with E-state index in [1.807, 2.05) is 54.6 Å². The molecule has 0 aromatic heterocycles. The van der Waals surface area contributed by atoms with E-state index in [0.29, 0.717) is 22.2 Å². The molecule has 0 saturated carbocycles. The Kier molecular flexibility index (Phi) is 9.00. The number of ether oxygens (including phenoxy) is 1. The molecule has 4 rings (SSSR count). The lowest BCUT2D eigenvalue weighted by Gasteiger charge is -2.14. The highest BCUT2D eigenvalue weighted by molar-refractivity contribution is 6.31. The summed E-state index contributed by atoms with van der Waals surface area (Å²) in [6.45, 7) is 0.529.